The van der Waals surface area contributed by atoms with Gasteiger partial charge in [0.05, 0.1) is 13.0 Å². The van der Waals surface area contributed by atoms with Crippen molar-refractivity contribution in [1.29, 1.82) is 0 Å². The van der Waals surface area contributed by atoms with E-state index in [2.05, 4.69) is 5.32 Å². The number of ether oxygens (including phenoxy) is 1. The van der Waals surface area contributed by atoms with Crippen molar-refractivity contribution in [2.75, 3.05) is 12.4 Å². The number of anilines is 1. The maximum Gasteiger partial charge on any atom is 0.332 e. The zero-order valence-corrected chi connectivity index (χ0v) is 14.0. The molecule has 1 aliphatic carbocycles. The third kappa shape index (κ3) is 3.12. The molecule has 0 aromatic heterocycles. The molecule has 2 unspecified atom stereocenters. The lowest BCUT2D eigenvalue weighted by atomic mass is 9.70. The fourth-order valence-electron chi connectivity index (χ4n) is 3.36. The predicted molar refractivity (Wildman–Crippen MR) is 87.2 cm³/mol. The highest BCUT2D eigenvalue weighted by Gasteiger charge is 2.50. The van der Waals surface area contributed by atoms with Crippen LogP contribution in [-0.4, -0.2) is 24.4 Å². The number of hydrogen-bond donors (Lipinski definition) is 1. The number of esters is 1. The molecule has 0 spiro atoms. The van der Waals surface area contributed by atoms with E-state index in [0.29, 0.717) is 17.9 Å². The van der Waals surface area contributed by atoms with Crippen molar-refractivity contribution in [3.63, 3.8) is 0 Å². The molecule has 0 saturated heterocycles. The molecule has 1 N–H and O–H groups in total. The van der Waals surface area contributed by atoms with Crippen LogP contribution >= 0.6 is 11.6 Å². The molecule has 1 saturated carbocycles. The zero-order chi connectivity index (χ0) is 16.3. The van der Waals surface area contributed by atoms with Crippen molar-refractivity contribution in [1.82, 2.24) is 0 Å². The van der Waals surface area contributed by atoms with Crippen molar-refractivity contribution in [2.24, 2.45) is 5.92 Å². The smallest absolute Gasteiger partial charge is 0.332 e. The average molecular weight is 324 g/mol. The van der Waals surface area contributed by atoms with Crippen LogP contribution in [0.4, 0.5) is 5.69 Å². The van der Waals surface area contributed by atoms with Gasteiger partial charge in [-0.1, -0.05) is 24.4 Å². The molecule has 1 fully saturated rings. The third-order valence-electron chi connectivity index (χ3n) is 4.50. The lowest BCUT2D eigenvalue weighted by Gasteiger charge is -2.42. The molecular weight excluding hydrogens is 302 g/mol. The molecule has 4 nitrogen and oxygen atoms in total. The number of carbonyl (C=O) groups excluding carboxylic acids is 2. The van der Waals surface area contributed by atoms with Gasteiger partial charge in [-0.05, 0) is 50.5 Å². The quantitative estimate of drug-likeness (QED) is 0.857. The van der Waals surface area contributed by atoms with Crippen LogP contribution in [0, 0.1) is 12.8 Å². The number of benzene rings is 1. The minimum Gasteiger partial charge on any atom is -0.467 e. The maximum absolute atomic E-state index is 12.5. The second-order valence-electron chi connectivity index (χ2n) is 5.96. The third-order valence-corrected chi connectivity index (χ3v) is 4.73. The minimum atomic E-state index is -0.989. The predicted octanol–water partition coefficient (Wildman–Crippen LogP) is 3.75. The van der Waals surface area contributed by atoms with Crippen LogP contribution in [0.3, 0.4) is 0 Å². The summed E-state index contributed by atoms with van der Waals surface area (Å²) >= 11 is 5.99. The highest BCUT2D eigenvalue weighted by molar-refractivity contribution is 6.30. The van der Waals surface area contributed by atoms with Gasteiger partial charge >= 0.3 is 5.97 Å². The fourth-order valence-corrected chi connectivity index (χ4v) is 3.58. The van der Waals surface area contributed by atoms with Crippen LogP contribution in [0.25, 0.3) is 0 Å². The Hall–Kier alpha value is -1.55. The van der Waals surface area contributed by atoms with E-state index in [4.69, 9.17) is 16.3 Å². The van der Waals surface area contributed by atoms with Gasteiger partial charge in [-0.15, -0.1) is 0 Å². The molecule has 1 aromatic rings. The Labute approximate surface area is 136 Å². The molecule has 0 amide bonds. The number of hydrogen-bond acceptors (Lipinski definition) is 4. The van der Waals surface area contributed by atoms with E-state index in [1.807, 2.05) is 19.1 Å². The molecule has 22 heavy (non-hydrogen) atoms. The fraction of sp³-hybridized carbons (Fsp3) is 0.529. The lowest BCUT2D eigenvalue weighted by molar-refractivity contribution is -0.152. The summed E-state index contributed by atoms with van der Waals surface area (Å²) in [6.07, 6.45) is 3.12. The van der Waals surface area contributed by atoms with Crippen LogP contribution in [-0.2, 0) is 14.3 Å². The second kappa shape index (κ2) is 6.69. The first-order chi connectivity index (χ1) is 10.4. The Kier molecular flexibility index (Phi) is 5.12. The average Bonchev–Trinajstić information content (AvgIpc) is 2.49. The number of nitrogens with one attached hydrogen (secondary N) is 1. The van der Waals surface area contributed by atoms with E-state index < -0.39 is 5.54 Å². The number of rotatable bonds is 4. The highest BCUT2D eigenvalue weighted by Crippen LogP contribution is 2.39. The number of carbonyl (C=O) groups is 2. The van der Waals surface area contributed by atoms with E-state index in [1.54, 1.807) is 13.0 Å². The van der Waals surface area contributed by atoms with E-state index in [9.17, 15) is 9.59 Å². The van der Waals surface area contributed by atoms with Crippen LogP contribution in [0.15, 0.2) is 18.2 Å². The monoisotopic (exact) mass is 323 g/mol. The van der Waals surface area contributed by atoms with Crippen LogP contribution in [0.2, 0.25) is 5.02 Å². The van der Waals surface area contributed by atoms with Gasteiger partial charge < -0.3 is 10.1 Å². The summed E-state index contributed by atoms with van der Waals surface area (Å²) in [5.41, 5.74) is 0.754. The van der Waals surface area contributed by atoms with Gasteiger partial charge in [0, 0.05) is 10.7 Å². The summed E-state index contributed by atoms with van der Waals surface area (Å²) in [7, 11) is 1.37. The van der Waals surface area contributed by atoms with Crippen molar-refractivity contribution in [3.05, 3.63) is 28.8 Å². The summed E-state index contributed by atoms with van der Waals surface area (Å²) in [6, 6.07) is 5.45. The van der Waals surface area contributed by atoms with Gasteiger partial charge in [-0.3, -0.25) is 4.79 Å². The topological polar surface area (TPSA) is 55.4 Å². The van der Waals surface area contributed by atoms with E-state index in [1.165, 1.54) is 7.11 Å². The first-order valence-electron chi connectivity index (χ1n) is 7.54. The van der Waals surface area contributed by atoms with Gasteiger partial charge in [-0.2, -0.15) is 0 Å². The van der Waals surface area contributed by atoms with Crippen LogP contribution < -0.4 is 5.32 Å². The number of Topliss-reactive ketones (excluding diaryl/α,β-unsaturated/α-hetero) is 1. The Bertz CT molecular complexity index is 587. The lowest BCUT2D eigenvalue weighted by Crippen LogP contribution is -2.57. The first kappa shape index (κ1) is 16.8. The summed E-state index contributed by atoms with van der Waals surface area (Å²) in [4.78, 5) is 24.6. The largest absolute Gasteiger partial charge is 0.467 e. The van der Waals surface area contributed by atoms with E-state index >= 15 is 0 Å². The van der Waals surface area contributed by atoms with Gasteiger partial charge in [-0.25, -0.2) is 4.79 Å². The standard InChI is InChI=1S/C17H22ClNO3/c1-11-10-13(18)7-8-15(11)19-17(16(21)22-3)9-5-4-6-14(17)12(2)20/h7-8,10,14,19H,4-6,9H2,1-3H3. The van der Waals surface area contributed by atoms with Crippen molar-refractivity contribution in [3.8, 4) is 0 Å². The van der Waals surface area contributed by atoms with Gasteiger partial charge in [0.15, 0.2) is 0 Å². The Morgan fingerprint density at radius 3 is 2.68 bits per heavy atom. The van der Waals surface area contributed by atoms with Crippen LogP contribution in [0.1, 0.15) is 38.2 Å². The minimum absolute atomic E-state index is 0.0178. The molecule has 0 bridgehead atoms. The number of methoxy groups -OCH3 is 1. The van der Waals surface area contributed by atoms with Gasteiger partial charge in [0.25, 0.3) is 0 Å². The number of halogens is 1. The molecule has 1 aliphatic rings. The van der Waals surface area contributed by atoms with Crippen molar-refractivity contribution < 1.29 is 14.3 Å². The molecule has 0 heterocycles. The van der Waals surface area contributed by atoms with Crippen molar-refractivity contribution >= 4 is 29.0 Å². The molecule has 120 valence electrons. The molecule has 2 rings (SSSR count). The molecule has 0 radical (unpaired) electrons. The maximum atomic E-state index is 12.5. The first-order valence-corrected chi connectivity index (χ1v) is 7.91. The molecule has 1 aromatic carbocycles. The Morgan fingerprint density at radius 2 is 2.09 bits per heavy atom. The summed E-state index contributed by atoms with van der Waals surface area (Å²) < 4.78 is 5.03. The molecule has 2 atom stereocenters. The van der Waals surface area contributed by atoms with E-state index in [0.717, 1.165) is 24.1 Å². The Balaban J connectivity index is 2.44. The van der Waals surface area contributed by atoms with Crippen LogP contribution in [0.5, 0.6) is 0 Å². The van der Waals surface area contributed by atoms with Gasteiger partial charge in [0.1, 0.15) is 11.3 Å². The second-order valence-corrected chi connectivity index (χ2v) is 6.39. The summed E-state index contributed by atoms with van der Waals surface area (Å²) in [6.45, 7) is 3.47. The SMILES string of the molecule is COC(=O)C1(Nc2ccc(Cl)cc2C)CCCCC1C(C)=O. The molecular formula is C17H22ClNO3. The van der Waals surface area contributed by atoms with Crippen molar-refractivity contribution in [2.45, 2.75) is 45.1 Å². The molecule has 5 heteroatoms. The van der Waals surface area contributed by atoms with Gasteiger partial charge in [0.2, 0.25) is 0 Å². The molecule has 0 aliphatic heterocycles. The number of aryl methyl sites for hydroxylation is 1. The zero-order valence-electron chi connectivity index (χ0n) is 13.2. The summed E-state index contributed by atoms with van der Waals surface area (Å²) in [5.74, 6) is -0.727. The number of ketones is 1. The summed E-state index contributed by atoms with van der Waals surface area (Å²) in [5, 5.41) is 3.96. The highest BCUT2D eigenvalue weighted by atomic mass is 35.5. The Morgan fingerprint density at radius 1 is 1.36 bits per heavy atom. The van der Waals surface area contributed by atoms with E-state index in [-0.39, 0.29) is 17.7 Å². The normalized spacial score (nSPS) is 24.6.